The molecule has 0 aromatic carbocycles. The molecule has 78 valence electrons. The monoisotopic (exact) mass is 293 g/mol. The molecule has 2 rings (SSSR count). The molecule has 1 unspecified atom stereocenters. The van der Waals surface area contributed by atoms with Crippen LogP contribution in [-0.4, -0.2) is 23.9 Å². The molecule has 1 aromatic rings. The minimum Gasteiger partial charge on any atom is -0.298 e. The summed E-state index contributed by atoms with van der Waals surface area (Å²) in [4.78, 5) is 3.93. The van der Waals surface area contributed by atoms with E-state index in [2.05, 4.69) is 32.3 Å². The molecular formula is C10H13BrClNS. The average molecular weight is 295 g/mol. The van der Waals surface area contributed by atoms with Gasteiger partial charge in [-0.1, -0.05) is 0 Å². The maximum Gasteiger partial charge on any atom is 0.0328 e. The van der Waals surface area contributed by atoms with Crippen LogP contribution in [0.3, 0.4) is 0 Å². The van der Waals surface area contributed by atoms with Gasteiger partial charge in [0.2, 0.25) is 0 Å². The van der Waals surface area contributed by atoms with E-state index in [-0.39, 0.29) is 0 Å². The van der Waals surface area contributed by atoms with Crippen molar-refractivity contribution in [3.8, 4) is 0 Å². The number of thiophene rings is 1. The molecule has 0 aliphatic carbocycles. The summed E-state index contributed by atoms with van der Waals surface area (Å²) >= 11 is 11.2. The van der Waals surface area contributed by atoms with E-state index in [9.17, 15) is 0 Å². The molecule has 0 bridgehead atoms. The Hall–Kier alpha value is 0.430. The third-order valence-electron chi connectivity index (χ3n) is 2.59. The molecule has 0 saturated carbocycles. The van der Waals surface area contributed by atoms with E-state index in [0.717, 1.165) is 12.4 Å². The first kappa shape index (κ1) is 10.9. The smallest absolute Gasteiger partial charge is 0.0328 e. The highest BCUT2D eigenvalue weighted by Crippen LogP contribution is 2.24. The van der Waals surface area contributed by atoms with E-state index >= 15 is 0 Å². The number of rotatable bonds is 3. The van der Waals surface area contributed by atoms with Gasteiger partial charge in [-0.25, -0.2) is 0 Å². The number of nitrogens with zero attached hydrogens (tertiary/aromatic N) is 1. The van der Waals surface area contributed by atoms with Crippen LogP contribution in [0.25, 0.3) is 0 Å². The average Bonchev–Trinajstić information content (AvgIpc) is 2.76. The maximum absolute atomic E-state index is 5.85. The van der Waals surface area contributed by atoms with Crippen LogP contribution in [-0.2, 0) is 6.54 Å². The summed E-state index contributed by atoms with van der Waals surface area (Å²) in [5, 5.41) is 2.14. The van der Waals surface area contributed by atoms with Gasteiger partial charge in [-0.2, -0.15) is 0 Å². The molecule has 1 aliphatic heterocycles. The third-order valence-corrected chi connectivity index (χ3v) is 4.71. The van der Waals surface area contributed by atoms with Gasteiger partial charge in [0.25, 0.3) is 0 Å². The van der Waals surface area contributed by atoms with E-state index in [4.69, 9.17) is 11.6 Å². The summed E-state index contributed by atoms with van der Waals surface area (Å²) in [6.45, 7) is 3.45. The van der Waals surface area contributed by atoms with E-state index < -0.39 is 0 Å². The fourth-order valence-corrected chi connectivity index (χ4v) is 3.58. The Balaban J connectivity index is 1.87. The second-order valence-electron chi connectivity index (χ2n) is 3.78. The Kier molecular flexibility index (Phi) is 3.88. The highest BCUT2D eigenvalue weighted by Gasteiger charge is 2.21. The second kappa shape index (κ2) is 4.97. The third kappa shape index (κ3) is 2.72. The minimum atomic E-state index is 0.708. The van der Waals surface area contributed by atoms with Crippen LogP contribution >= 0.6 is 38.9 Å². The van der Waals surface area contributed by atoms with E-state index in [1.54, 1.807) is 0 Å². The SMILES string of the molecule is ClCC1CCN(Cc2cc(Br)cs2)C1. The van der Waals surface area contributed by atoms with Crippen molar-refractivity contribution in [2.75, 3.05) is 19.0 Å². The normalized spacial score (nSPS) is 23.1. The predicted octanol–water partition coefficient (Wildman–Crippen LogP) is 3.57. The Morgan fingerprint density at radius 2 is 2.50 bits per heavy atom. The van der Waals surface area contributed by atoms with Crippen LogP contribution in [0.4, 0.5) is 0 Å². The van der Waals surface area contributed by atoms with E-state index in [1.165, 1.54) is 28.9 Å². The van der Waals surface area contributed by atoms with Crippen molar-refractivity contribution >= 4 is 38.9 Å². The first-order valence-electron chi connectivity index (χ1n) is 4.79. The Labute approximate surface area is 102 Å². The van der Waals surface area contributed by atoms with Gasteiger partial charge in [-0.3, -0.25) is 4.90 Å². The molecule has 0 radical (unpaired) electrons. The standard InChI is InChI=1S/C10H13BrClNS/c11-9-3-10(14-7-9)6-13-2-1-8(4-12)5-13/h3,7-8H,1-2,4-6H2. The van der Waals surface area contributed by atoms with Gasteiger partial charge < -0.3 is 0 Å². The molecular weight excluding hydrogens is 282 g/mol. The summed E-state index contributed by atoms with van der Waals surface area (Å²) in [5.41, 5.74) is 0. The lowest BCUT2D eigenvalue weighted by Gasteiger charge is -2.13. The largest absolute Gasteiger partial charge is 0.298 e. The lowest BCUT2D eigenvalue weighted by molar-refractivity contribution is 0.324. The van der Waals surface area contributed by atoms with Crippen molar-refractivity contribution in [2.45, 2.75) is 13.0 Å². The Morgan fingerprint density at radius 3 is 3.07 bits per heavy atom. The van der Waals surface area contributed by atoms with Crippen molar-refractivity contribution < 1.29 is 0 Å². The van der Waals surface area contributed by atoms with Crippen molar-refractivity contribution in [1.82, 2.24) is 4.90 Å². The van der Waals surface area contributed by atoms with Gasteiger partial charge in [0, 0.05) is 33.7 Å². The highest BCUT2D eigenvalue weighted by molar-refractivity contribution is 9.10. The predicted molar refractivity (Wildman–Crippen MR) is 66.1 cm³/mol. The van der Waals surface area contributed by atoms with Crippen LogP contribution in [0.2, 0.25) is 0 Å². The van der Waals surface area contributed by atoms with Crippen LogP contribution in [0.5, 0.6) is 0 Å². The molecule has 0 N–H and O–H groups in total. The van der Waals surface area contributed by atoms with Gasteiger partial charge in [-0.15, -0.1) is 22.9 Å². The summed E-state index contributed by atoms with van der Waals surface area (Å²) in [6.07, 6.45) is 1.26. The highest BCUT2D eigenvalue weighted by atomic mass is 79.9. The zero-order valence-electron chi connectivity index (χ0n) is 7.88. The topological polar surface area (TPSA) is 3.24 Å². The van der Waals surface area contributed by atoms with E-state index in [0.29, 0.717) is 5.92 Å². The Bertz CT molecular complexity index is 302. The number of halogens is 2. The number of likely N-dealkylation sites (tertiary alicyclic amines) is 1. The molecule has 2 heterocycles. The van der Waals surface area contributed by atoms with Gasteiger partial charge in [0.05, 0.1) is 0 Å². The molecule has 1 aliphatic rings. The molecule has 0 spiro atoms. The number of hydrogen-bond acceptors (Lipinski definition) is 2. The van der Waals surface area contributed by atoms with Crippen molar-refractivity contribution in [2.24, 2.45) is 5.92 Å². The first-order valence-corrected chi connectivity index (χ1v) is 7.00. The van der Waals surface area contributed by atoms with Crippen molar-refractivity contribution in [3.63, 3.8) is 0 Å². The lowest BCUT2D eigenvalue weighted by atomic mass is 10.2. The van der Waals surface area contributed by atoms with Crippen LogP contribution in [0.15, 0.2) is 15.9 Å². The Morgan fingerprint density at radius 1 is 1.64 bits per heavy atom. The number of hydrogen-bond donors (Lipinski definition) is 0. The van der Waals surface area contributed by atoms with Crippen LogP contribution in [0.1, 0.15) is 11.3 Å². The van der Waals surface area contributed by atoms with Crippen molar-refractivity contribution in [3.05, 3.63) is 20.8 Å². The molecule has 1 saturated heterocycles. The maximum atomic E-state index is 5.85. The zero-order chi connectivity index (χ0) is 9.97. The van der Waals surface area contributed by atoms with Gasteiger partial charge in [0.15, 0.2) is 0 Å². The van der Waals surface area contributed by atoms with E-state index in [1.807, 2.05) is 11.3 Å². The van der Waals surface area contributed by atoms with Gasteiger partial charge >= 0.3 is 0 Å². The molecule has 4 heteroatoms. The van der Waals surface area contributed by atoms with Crippen LogP contribution < -0.4 is 0 Å². The fraction of sp³-hybridized carbons (Fsp3) is 0.600. The van der Waals surface area contributed by atoms with Crippen LogP contribution in [0, 0.1) is 5.92 Å². The van der Waals surface area contributed by atoms with Crippen molar-refractivity contribution in [1.29, 1.82) is 0 Å². The summed E-state index contributed by atoms with van der Waals surface area (Å²) in [7, 11) is 0. The minimum absolute atomic E-state index is 0.708. The molecule has 1 fully saturated rings. The molecule has 14 heavy (non-hydrogen) atoms. The fourth-order valence-electron chi connectivity index (χ4n) is 1.84. The molecule has 0 amide bonds. The van der Waals surface area contributed by atoms with Gasteiger partial charge in [0.1, 0.15) is 0 Å². The second-order valence-corrected chi connectivity index (χ2v) is 6.00. The molecule has 1 nitrogen and oxygen atoms in total. The summed E-state index contributed by atoms with van der Waals surface area (Å²) in [5.74, 6) is 1.52. The number of alkyl halides is 1. The summed E-state index contributed by atoms with van der Waals surface area (Å²) < 4.78 is 1.20. The molecule has 1 atom stereocenters. The zero-order valence-corrected chi connectivity index (χ0v) is 11.0. The lowest BCUT2D eigenvalue weighted by Crippen LogP contribution is -2.19. The summed E-state index contributed by atoms with van der Waals surface area (Å²) in [6, 6.07) is 2.21. The first-order chi connectivity index (χ1) is 6.78. The van der Waals surface area contributed by atoms with Gasteiger partial charge in [-0.05, 0) is 40.9 Å². The quantitative estimate of drug-likeness (QED) is 0.770. The molecule has 1 aromatic heterocycles.